The Balaban J connectivity index is 0. The number of thioether (sulfide) groups is 1. The summed E-state index contributed by atoms with van der Waals surface area (Å²) in [6.45, 7) is 4.39. The molecule has 0 aliphatic heterocycles. The van der Waals surface area contributed by atoms with Gasteiger partial charge in [-0.3, -0.25) is 0 Å². The molecule has 0 radical (unpaired) electrons. The van der Waals surface area contributed by atoms with E-state index in [1.165, 1.54) is 11.8 Å². The van der Waals surface area contributed by atoms with Crippen LogP contribution in [0, 0.1) is 0 Å². The summed E-state index contributed by atoms with van der Waals surface area (Å²) in [5, 5.41) is 0.559. The van der Waals surface area contributed by atoms with E-state index < -0.39 is 0 Å². The van der Waals surface area contributed by atoms with Gasteiger partial charge in [-0.15, -0.1) is 24.8 Å². The summed E-state index contributed by atoms with van der Waals surface area (Å²) in [7, 11) is 0. The number of halogens is 2. The predicted octanol–water partition coefficient (Wildman–Crippen LogP) is 2.71. The molecule has 110 valence electrons. The maximum Gasteiger partial charge on any atom is 0.159 e. The average Bonchev–Trinajstić information content (AvgIpc) is 2.28. The fourth-order valence-electron chi connectivity index (χ4n) is 1.64. The number of aliphatic imine (C=N–C) groups is 1. The summed E-state index contributed by atoms with van der Waals surface area (Å²) in [5.41, 5.74) is 20.3. The lowest BCUT2D eigenvalue weighted by Crippen LogP contribution is -2.12. The Morgan fingerprint density at radius 2 is 2.00 bits per heavy atom. The molecule has 0 fully saturated rings. The second-order valence-corrected chi connectivity index (χ2v) is 5.01. The lowest BCUT2D eigenvalue weighted by Gasteiger charge is -2.13. The van der Waals surface area contributed by atoms with Crippen LogP contribution in [-0.2, 0) is 6.54 Å². The number of benzene rings is 1. The fourth-order valence-corrected chi connectivity index (χ4v) is 2.10. The van der Waals surface area contributed by atoms with E-state index in [1.807, 2.05) is 32.0 Å². The van der Waals surface area contributed by atoms with Crippen molar-refractivity contribution in [1.82, 2.24) is 0 Å². The first kappa shape index (κ1) is 20.8. The molecule has 0 aliphatic rings. The zero-order valence-corrected chi connectivity index (χ0v) is 13.6. The third-order valence-electron chi connectivity index (χ3n) is 2.41. The van der Waals surface area contributed by atoms with Crippen LogP contribution in [0.3, 0.4) is 0 Å². The molecule has 1 atom stereocenters. The molecule has 0 aromatic heterocycles. The van der Waals surface area contributed by atoms with Crippen LogP contribution < -0.4 is 17.2 Å². The molecule has 1 aromatic rings. The summed E-state index contributed by atoms with van der Waals surface area (Å²) in [6, 6.07) is 5.77. The summed E-state index contributed by atoms with van der Waals surface area (Å²) in [5.74, 6) is 0.903. The quantitative estimate of drug-likeness (QED) is 0.586. The number of hydrogen-bond donors (Lipinski definition) is 3. The third-order valence-corrected chi connectivity index (χ3v) is 3.08. The molecule has 0 aliphatic carbocycles. The standard InChI is InChI=1S/C12H20N4S.2ClH/c1-3-17-12(15)16-11-6-4-5-9(8(2)14)10(11)7-13;;/h4-6,8H,3,7,13-14H2,1-2H3,(H2,15,16);2*1H. The van der Waals surface area contributed by atoms with Crippen molar-refractivity contribution in [1.29, 1.82) is 0 Å². The Bertz CT molecular complexity index is 411. The van der Waals surface area contributed by atoms with Crippen molar-refractivity contribution >= 4 is 47.4 Å². The van der Waals surface area contributed by atoms with Crippen LogP contribution in [0.2, 0.25) is 0 Å². The number of hydrogen-bond acceptors (Lipinski definition) is 4. The molecule has 0 bridgehead atoms. The molecular weight excluding hydrogens is 303 g/mol. The predicted molar refractivity (Wildman–Crippen MR) is 90.8 cm³/mol. The Kier molecular flexibility index (Phi) is 11.3. The normalized spacial score (nSPS) is 12.3. The average molecular weight is 325 g/mol. The van der Waals surface area contributed by atoms with Gasteiger partial charge < -0.3 is 17.2 Å². The summed E-state index contributed by atoms with van der Waals surface area (Å²) < 4.78 is 0. The third kappa shape index (κ3) is 6.01. The highest BCUT2D eigenvalue weighted by molar-refractivity contribution is 8.13. The minimum atomic E-state index is -0.0521. The maximum atomic E-state index is 5.91. The molecule has 0 saturated carbocycles. The highest BCUT2D eigenvalue weighted by Crippen LogP contribution is 2.26. The van der Waals surface area contributed by atoms with Crippen molar-refractivity contribution < 1.29 is 0 Å². The lowest BCUT2D eigenvalue weighted by atomic mass is 10.0. The highest BCUT2D eigenvalue weighted by atomic mass is 35.5. The molecular formula is C12H22Cl2N4S. The molecule has 0 saturated heterocycles. The van der Waals surface area contributed by atoms with Crippen LogP contribution in [0.25, 0.3) is 0 Å². The van der Waals surface area contributed by atoms with Crippen molar-refractivity contribution in [3.05, 3.63) is 29.3 Å². The van der Waals surface area contributed by atoms with Gasteiger partial charge in [0, 0.05) is 12.6 Å². The Labute approximate surface area is 131 Å². The van der Waals surface area contributed by atoms with E-state index in [0.717, 1.165) is 22.6 Å². The Morgan fingerprint density at radius 3 is 2.47 bits per heavy atom. The number of nitrogens with two attached hydrogens (primary N) is 3. The van der Waals surface area contributed by atoms with Gasteiger partial charge >= 0.3 is 0 Å². The Morgan fingerprint density at radius 1 is 1.37 bits per heavy atom. The Hall–Kier alpha value is -0.460. The van der Waals surface area contributed by atoms with Crippen LogP contribution in [0.1, 0.15) is 31.0 Å². The molecule has 0 spiro atoms. The minimum absolute atomic E-state index is 0. The SMILES string of the molecule is CCSC(N)=Nc1cccc(C(C)N)c1CN.Cl.Cl. The molecule has 19 heavy (non-hydrogen) atoms. The van der Waals surface area contributed by atoms with E-state index in [1.54, 1.807) is 0 Å². The van der Waals surface area contributed by atoms with Gasteiger partial charge in [-0.25, -0.2) is 4.99 Å². The van der Waals surface area contributed by atoms with Gasteiger partial charge in [0.15, 0.2) is 5.17 Å². The van der Waals surface area contributed by atoms with Crippen LogP contribution in [0.15, 0.2) is 23.2 Å². The number of amidine groups is 1. The van der Waals surface area contributed by atoms with Crippen molar-refractivity contribution in [2.75, 3.05) is 5.75 Å². The van der Waals surface area contributed by atoms with E-state index in [9.17, 15) is 0 Å². The van der Waals surface area contributed by atoms with Crippen molar-refractivity contribution in [3.8, 4) is 0 Å². The van der Waals surface area contributed by atoms with Crippen LogP contribution >= 0.6 is 36.6 Å². The van der Waals surface area contributed by atoms with Gasteiger partial charge in [-0.2, -0.15) is 0 Å². The second-order valence-electron chi connectivity index (χ2n) is 3.72. The van der Waals surface area contributed by atoms with E-state index in [2.05, 4.69) is 4.99 Å². The van der Waals surface area contributed by atoms with E-state index >= 15 is 0 Å². The van der Waals surface area contributed by atoms with Gasteiger partial charge in [-0.1, -0.05) is 30.8 Å². The fraction of sp³-hybridized carbons (Fsp3) is 0.417. The topological polar surface area (TPSA) is 90.4 Å². The van der Waals surface area contributed by atoms with Crippen molar-refractivity contribution in [3.63, 3.8) is 0 Å². The van der Waals surface area contributed by atoms with Gasteiger partial charge in [0.1, 0.15) is 0 Å². The maximum absolute atomic E-state index is 5.91. The number of nitrogens with zero attached hydrogens (tertiary/aromatic N) is 1. The molecule has 0 heterocycles. The van der Waals surface area contributed by atoms with Crippen LogP contribution in [0.5, 0.6) is 0 Å². The lowest BCUT2D eigenvalue weighted by molar-refractivity contribution is 0.798. The molecule has 7 heteroatoms. The molecule has 1 rings (SSSR count). The summed E-state index contributed by atoms with van der Waals surface area (Å²) in [6.07, 6.45) is 0. The van der Waals surface area contributed by atoms with Crippen LogP contribution in [0.4, 0.5) is 5.69 Å². The first-order chi connectivity index (χ1) is 8.10. The molecule has 1 aromatic carbocycles. The first-order valence-electron chi connectivity index (χ1n) is 5.64. The smallest absolute Gasteiger partial charge is 0.159 e. The number of rotatable bonds is 4. The van der Waals surface area contributed by atoms with E-state index in [-0.39, 0.29) is 30.9 Å². The van der Waals surface area contributed by atoms with E-state index in [0.29, 0.717) is 11.7 Å². The molecule has 0 amide bonds. The monoisotopic (exact) mass is 324 g/mol. The van der Waals surface area contributed by atoms with Gasteiger partial charge in [0.05, 0.1) is 5.69 Å². The molecule has 1 unspecified atom stereocenters. The highest BCUT2D eigenvalue weighted by Gasteiger charge is 2.09. The second kappa shape index (κ2) is 10.3. The zero-order valence-electron chi connectivity index (χ0n) is 11.1. The van der Waals surface area contributed by atoms with Gasteiger partial charge in [0.25, 0.3) is 0 Å². The largest absolute Gasteiger partial charge is 0.378 e. The first-order valence-corrected chi connectivity index (χ1v) is 6.63. The van der Waals surface area contributed by atoms with Gasteiger partial charge in [0.2, 0.25) is 0 Å². The zero-order chi connectivity index (χ0) is 12.8. The van der Waals surface area contributed by atoms with Crippen molar-refractivity contribution in [2.24, 2.45) is 22.2 Å². The minimum Gasteiger partial charge on any atom is -0.378 e. The summed E-state index contributed by atoms with van der Waals surface area (Å²) in [4.78, 5) is 4.38. The van der Waals surface area contributed by atoms with E-state index in [4.69, 9.17) is 17.2 Å². The van der Waals surface area contributed by atoms with Gasteiger partial charge in [-0.05, 0) is 29.9 Å². The summed E-state index contributed by atoms with van der Waals surface area (Å²) >= 11 is 1.52. The van der Waals surface area contributed by atoms with Crippen LogP contribution in [-0.4, -0.2) is 10.9 Å². The molecule has 6 N–H and O–H groups in total. The molecule has 4 nitrogen and oxygen atoms in total. The van der Waals surface area contributed by atoms with Crippen molar-refractivity contribution in [2.45, 2.75) is 26.4 Å².